The summed E-state index contributed by atoms with van der Waals surface area (Å²) in [5.74, 6) is 1.15. The predicted octanol–water partition coefficient (Wildman–Crippen LogP) is 1.87. The fourth-order valence-corrected chi connectivity index (χ4v) is 4.66. The molecule has 1 aromatic carbocycles. The summed E-state index contributed by atoms with van der Waals surface area (Å²) < 4.78 is 13.5. The van der Waals surface area contributed by atoms with Gasteiger partial charge < -0.3 is 25.6 Å². The van der Waals surface area contributed by atoms with E-state index in [1.807, 2.05) is 22.7 Å². The summed E-state index contributed by atoms with van der Waals surface area (Å²) in [4.78, 5) is 25.9. The molecule has 10 heteroatoms. The minimum absolute atomic E-state index is 0.159. The molecular weight excluding hydrogens is 436 g/mol. The number of carbonyl (C=O) groups is 1. The van der Waals surface area contributed by atoms with E-state index in [-0.39, 0.29) is 30.6 Å². The number of aromatic nitrogens is 4. The molecule has 34 heavy (non-hydrogen) atoms. The van der Waals surface area contributed by atoms with Crippen LogP contribution in [0.4, 0.5) is 11.6 Å². The molecule has 2 aliphatic rings. The van der Waals surface area contributed by atoms with Gasteiger partial charge in [0.05, 0.1) is 25.2 Å². The molecule has 10 nitrogen and oxygen atoms in total. The van der Waals surface area contributed by atoms with Gasteiger partial charge in [-0.2, -0.15) is 0 Å². The molecule has 3 aromatic heterocycles. The molecule has 5 heterocycles. The summed E-state index contributed by atoms with van der Waals surface area (Å²) in [6.45, 7) is 0.632. The molecule has 0 spiro atoms. The van der Waals surface area contributed by atoms with E-state index in [2.05, 4.69) is 15.3 Å². The average Bonchev–Trinajstić information content (AvgIpc) is 3.55. The number of nitrogen functional groups attached to an aromatic ring is 1. The quantitative estimate of drug-likeness (QED) is 0.422. The van der Waals surface area contributed by atoms with Gasteiger partial charge in [-0.3, -0.25) is 9.20 Å². The van der Waals surface area contributed by atoms with Gasteiger partial charge in [0.25, 0.3) is 5.91 Å². The number of nitrogens with two attached hydrogens (primary N) is 1. The van der Waals surface area contributed by atoms with Crippen molar-refractivity contribution in [3.05, 3.63) is 72.4 Å². The van der Waals surface area contributed by atoms with Crippen molar-refractivity contribution in [2.45, 2.75) is 24.2 Å². The third kappa shape index (κ3) is 3.39. The summed E-state index contributed by atoms with van der Waals surface area (Å²) in [6.07, 6.45) is 3.77. The first kappa shape index (κ1) is 20.7. The molecule has 4 unspecified atom stereocenters. The Bertz CT molecular complexity index is 1360. The molecule has 0 radical (unpaired) electrons. The van der Waals surface area contributed by atoms with Gasteiger partial charge in [0.15, 0.2) is 0 Å². The zero-order valence-corrected chi connectivity index (χ0v) is 18.0. The third-order valence-corrected chi connectivity index (χ3v) is 6.30. The average molecular weight is 458 g/mol. The first-order valence-corrected chi connectivity index (χ1v) is 11.0. The van der Waals surface area contributed by atoms with Crippen molar-refractivity contribution >= 4 is 23.1 Å². The zero-order valence-electron chi connectivity index (χ0n) is 18.0. The minimum Gasteiger partial charge on any atom is -0.388 e. The first-order chi connectivity index (χ1) is 16.6. The zero-order chi connectivity index (χ0) is 23.2. The summed E-state index contributed by atoms with van der Waals surface area (Å²) in [5.41, 5.74) is 8.86. The van der Waals surface area contributed by atoms with Crippen molar-refractivity contribution in [2.24, 2.45) is 0 Å². The van der Waals surface area contributed by atoms with E-state index in [1.165, 1.54) is 0 Å². The molecule has 2 aliphatic heterocycles. The van der Waals surface area contributed by atoms with E-state index in [0.717, 1.165) is 11.4 Å². The van der Waals surface area contributed by atoms with Gasteiger partial charge >= 0.3 is 0 Å². The number of fused-ring (bicyclic) bond motifs is 2. The van der Waals surface area contributed by atoms with E-state index in [0.29, 0.717) is 35.0 Å². The van der Waals surface area contributed by atoms with Gasteiger partial charge in [0.1, 0.15) is 40.9 Å². The second-order valence-electron chi connectivity index (χ2n) is 8.37. The lowest BCUT2D eigenvalue weighted by molar-refractivity contribution is 0.0181. The fourth-order valence-electron chi connectivity index (χ4n) is 4.66. The molecule has 4 aromatic rings. The summed E-state index contributed by atoms with van der Waals surface area (Å²) in [7, 11) is 0. The minimum atomic E-state index is -0.641. The first-order valence-electron chi connectivity index (χ1n) is 11.0. The lowest BCUT2D eigenvalue weighted by atomic mass is 10.0. The number of benzene rings is 1. The molecule has 2 fully saturated rings. The Morgan fingerprint density at radius 2 is 1.88 bits per heavy atom. The van der Waals surface area contributed by atoms with Crippen LogP contribution in [0.1, 0.15) is 22.1 Å². The monoisotopic (exact) mass is 458 g/mol. The lowest BCUT2D eigenvalue weighted by Crippen LogP contribution is -2.28. The molecule has 4 atom stereocenters. The number of anilines is 2. The number of nitrogens with zero attached hydrogens (tertiary/aromatic N) is 4. The second-order valence-corrected chi connectivity index (χ2v) is 8.37. The van der Waals surface area contributed by atoms with Crippen LogP contribution in [0.25, 0.3) is 16.8 Å². The van der Waals surface area contributed by atoms with E-state index < -0.39 is 6.10 Å². The number of pyridine rings is 1. The molecule has 1 amide bonds. The highest BCUT2D eigenvalue weighted by atomic mass is 16.6. The van der Waals surface area contributed by atoms with Crippen molar-refractivity contribution in [1.82, 2.24) is 19.4 Å². The van der Waals surface area contributed by atoms with Gasteiger partial charge in [0.2, 0.25) is 0 Å². The standard InChI is InChI=1S/C24H22N6O4/c25-22-19-18(13-4-6-14(7-5-13)24(32)28-17-3-1-2-8-26-17)29-23(30(19)10-9-27-22)15-11-33-21-16(31)12-34-20(15)21/h1-10,15-16,20-21,31H,11-12H2,(H2,25,27)(H,26,28,32). The normalized spacial score (nSPS) is 23.8. The Kier molecular flexibility index (Phi) is 4.98. The van der Waals surface area contributed by atoms with Gasteiger partial charge in [-0.15, -0.1) is 0 Å². The molecule has 0 bridgehead atoms. The molecule has 172 valence electrons. The van der Waals surface area contributed by atoms with E-state index >= 15 is 0 Å². The van der Waals surface area contributed by atoms with Gasteiger partial charge in [-0.05, 0) is 24.3 Å². The van der Waals surface area contributed by atoms with Crippen LogP contribution in [0.15, 0.2) is 61.1 Å². The van der Waals surface area contributed by atoms with Crippen molar-refractivity contribution in [2.75, 3.05) is 24.3 Å². The number of hydrogen-bond acceptors (Lipinski definition) is 8. The Labute approximate surface area is 194 Å². The number of nitrogens with one attached hydrogen (secondary N) is 1. The summed E-state index contributed by atoms with van der Waals surface area (Å²) in [6, 6.07) is 12.4. The Balaban J connectivity index is 1.35. The molecule has 2 saturated heterocycles. The van der Waals surface area contributed by atoms with Crippen molar-refractivity contribution in [3.63, 3.8) is 0 Å². The second kappa shape index (κ2) is 8.17. The topological polar surface area (TPSA) is 137 Å². The van der Waals surface area contributed by atoms with Gasteiger partial charge in [-0.25, -0.2) is 15.0 Å². The fraction of sp³-hybridized carbons (Fsp3) is 0.250. The number of hydrogen-bond donors (Lipinski definition) is 3. The van der Waals surface area contributed by atoms with Crippen molar-refractivity contribution < 1.29 is 19.4 Å². The number of imidazole rings is 1. The predicted molar refractivity (Wildman–Crippen MR) is 123 cm³/mol. The van der Waals surface area contributed by atoms with E-state index in [4.69, 9.17) is 20.2 Å². The van der Waals surface area contributed by atoms with Gasteiger partial charge in [-0.1, -0.05) is 18.2 Å². The highest BCUT2D eigenvalue weighted by Gasteiger charge is 2.49. The smallest absolute Gasteiger partial charge is 0.256 e. The molecule has 0 saturated carbocycles. The molecular formula is C24H22N6O4. The maximum absolute atomic E-state index is 12.6. The molecule has 6 rings (SSSR count). The highest BCUT2D eigenvalue weighted by Crippen LogP contribution is 2.39. The maximum Gasteiger partial charge on any atom is 0.256 e. The number of aliphatic hydroxyl groups is 1. The van der Waals surface area contributed by atoms with Crippen LogP contribution in [0, 0.1) is 0 Å². The van der Waals surface area contributed by atoms with Crippen molar-refractivity contribution in [1.29, 1.82) is 0 Å². The summed E-state index contributed by atoms with van der Waals surface area (Å²) >= 11 is 0. The number of amides is 1. The Morgan fingerprint density at radius 3 is 2.68 bits per heavy atom. The Morgan fingerprint density at radius 1 is 1.06 bits per heavy atom. The van der Waals surface area contributed by atoms with Crippen molar-refractivity contribution in [3.8, 4) is 11.3 Å². The number of rotatable bonds is 4. The van der Waals surface area contributed by atoms with Crippen LogP contribution in [-0.4, -0.2) is 61.9 Å². The van der Waals surface area contributed by atoms with Crippen LogP contribution >= 0.6 is 0 Å². The van der Waals surface area contributed by atoms with Crippen LogP contribution in [0.2, 0.25) is 0 Å². The van der Waals surface area contributed by atoms with Crippen LogP contribution in [0.5, 0.6) is 0 Å². The molecule has 4 N–H and O–H groups in total. The Hall–Kier alpha value is -3.86. The third-order valence-electron chi connectivity index (χ3n) is 6.30. The summed E-state index contributed by atoms with van der Waals surface area (Å²) in [5, 5.41) is 12.9. The highest BCUT2D eigenvalue weighted by molar-refractivity contribution is 6.04. The van der Waals surface area contributed by atoms with Gasteiger partial charge in [0, 0.05) is 29.7 Å². The largest absolute Gasteiger partial charge is 0.388 e. The number of aliphatic hydroxyl groups excluding tert-OH is 1. The maximum atomic E-state index is 12.6. The molecule has 0 aliphatic carbocycles. The van der Waals surface area contributed by atoms with Crippen LogP contribution in [-0.2, 0) is 9.47 Å². The number of ether oxygens (including phenoxy) is 2. The van der Waals surface area contributed by atoms with E-state index in [1.54, 1.807) is 42.7 Å². The van der Waals surface area contributed by atoms with Crippen LogP contribution < -0.4 is 11.1 Å². The lowest BCUT2D eigenvalue weighted by Gasteiger charge is -2.14. The van der Waals surface area contributed by atoms with E-state index in [9.17, 15) is 9.90 Å². The SMILES string of the molecule is Nc1nccn2c(C3COC4C(O)COC34)nc(-c3ccc(C(=O)Nc4ccccn4)cc3)c12. The number of carbonyl (C=O) groups excluding carboxylic acids is 1. The van der Waals surface area contributed by atoms with Crippen LogP contribution in [0.3, 0.4) is 0 Å².